The third kappa shape index (κ3) is 3.10. The third-order valence-electron chi connectivity index (χ3n) is 3.36. The number of hydrogen-bond donors (Lipinski definition) is 1. The molecule has 1 aromatic carbocycles. The minimum Gasteiger partial charge on any atom is -0.399 e. The lowest BCUT2D eigenvalue weighted by molar-refractivity contribution is 0.623. The summed E-state index contributed by atoms with van der Waals surface area (Å²) in [5, 5.41) is 4.49. The smallest absolute Gasteiger partial charge is 0.0702 e. The van der Waals surface area contributed by atoms with Crippen molar-refractivity contribution in [2.75, 3.05) is 5.73 Å². The van der Waals surface area contributed by atoms with Gasteiger partial charge >= 0.3 is 0 Å². The Morgan fingerprint density at radius 2 is 2.05 bits per heavy atom. The second-order valence-electron chi connectivity index (χ2n) is 4.80. The lowest BCUT2D eigenvalue weighted by Gasteiger charge is -2.07. The highest BCUT2D eigenvalue weighted by atomic mass is 32.2. The fourth-order valence-electron chi connectivity index (χ4n) is 2.09. The second kappa shape index (κ2) is 6.22. The van der Waals surface area contributed by atoms with E-state index in [2.05, 4.69) is 12.0 Å². The normalized spacial score (nSPS) is 12.6. The van der Waals surface area contributed by atoms with Crippen LogP contribution in [0.4, 0.5) is 5.69 Å². The van der Waals surface area contributed by atoms with Crippen LogP contribution in [0.3, 0.4) is 0 Å². The molecule has 0 saturated carbocycles. The first kappa shape index (κ1) is 14.8. The highest BCUT2D eigenvalue weighted by molar-refractivity contribution is 7.84. The van der Waals surface area contributed by atoms with Gasteiger partial charge < -0.3 is 5.73 Å². The molecule has 0 aliphatic carbocycles. The van der Waals surface area contributed by atoms with Crippen LogP contribution in [-0.4, -0.2) is 14.0 Å². The average Bonchev–Trinajstić information content (AvgIpc) is 2.84. The van der Waals surface area contributed by atoms with Gasteiger partial charge in [0.05, 0.1) is 27.9 Å². The Bertz CT molecular complexity index is 634. The number of benzene rings is 1. The summed E-state index contributed by atoms with van der Waals surface area (Å²) >= 11 is 0. The van der Waals surface area contributed by atoms with E-state index in [1.165, 1.54) is 0 Å². The third-order valence-corrected chi connectivity index (χ3v) is 4.70. The maximum atomic E-state index is 12.5. The Morgan fingerprint density at radius 3 is 2.65 bits per heavy atom. The summed E-state index contributed by atoms with van der Waals surface area (Å²) in [5.74, 6) is 0.490. The van der Waals surface area contributed by atoms with Crippen molar-refractivity contribution in [1.29, 1.82) is 0 Å². The van der Waals surface area contributed by atoms with E-state index >= 15 is 0 Å². The summed E-state index contributed by atoms with van der Waals surface area (Å²) < 4.78 is 14.4. The van der Waals surface area contributed by atoms with Crippen molar-refractivity contribution in [3.05, 3.63) is 41.2 Å². The molecule has 1 aromatic heterocycles. The zero-order valence-corrected chi connectivity index (χ0v) is 13.0. The van der Waals surface area contributed by atoms with Crippen LogP contribution < -0.4 is 5.73 Å². The van der Waals surface area contributed by atoms with E-state index < -0.39 is 10.8 Å². The first-order chi connectivity index (χ1) is 9.55. The average molecular weight is 291 g/mol. The molecule has 5 heteroatoms. The largest absolute Gasteiger partial charge is 0.399 e. The Balaban J connectivity index is 2.22. The van der Waals surface area contributed by atoms with Crippen molar-refractivity contribution in [3.63, 3.8) is 0 Å². The summed E-state index contributed by atoms with van der Waals surface area (Å²) in [6, 6.07) is 7.60. The number of aryl methyl sites for hydroxylation is 3. The first-order valence-electron chi connectivity index (χ1n) is 6.85. The van der Waals surface area contributed by atoms with Crippen LogP contribution in [0, 0.1) is 6.92 Å². The molecule has 0 bridgehead atoms. The van der Waals surface area contributed by atoms with Crippen LogP contribution in [0.1, 0.15) is 30.8 Å². The Labute approximate surface area is 122 Å². The number of nitrogen functional groups attached to an aromatic ring is 1. The number of nitrogens with two attached hydrogens (primary N) is 1. The molecule has 0 saturated heterocycles. The van der Waals surface area contributed by atoms with Crippen LogP contribution in [-0.2, 0) is 29.5 Å². The van der Waals surface area contributed by atoms with Crippen LogP contribution in [0.2, 0.25) is 0 Å². The molecule has 0 aliphatic rings. The SMILES string of the molecule is CCc1cc(CS(=O)c2ccc(N)c(C)c2)n(CC)n1. The van der Waals surface area contributed by atoms with Gasteiger partial charge in [-0.05, 0) is 50.1 Å². The van der Waals surface area contributed by atoms with E-state index in [4.69, 9.17) is 5.73 Å². The Morgan fingerprint density at radius 1 is 1.30 bits per heavy atom. The first-order valence-corrected chi connectivity index (χ1v) is 8.17. The van der Waals surface area contributed by atoms with Crippen molar-refractivity contribution in [2.45, 2.75) is 44.4 Å². The van der Waals surface area contributed by atoms with E-state index in [-0.39, 0.29) is 0 Å². The Hall–Kier alpha value is -1.62. The molecule has 1 atom stereocenters. The monoisotopic (exact) mass is 291 g/mol. The molecule has 2 aromatic rings. The molecule has 1 heterocycles. The molecule has 0 spiro atoms. The van der Waals surface area contributed by atoms with Gasteiger partial charge in [0.2, 0.25) is 0 Å². The van der Waals surface area contributed by atoms with E-state index in [0.29, 0.717) is 5.75 Å². The van der Waals surface area contributed by atoms with E-state index in [9.17, 15) is 4.21 Å². The topological polar surface area (TPSA) is 60.9 Å². The number of aromatic nitrogens is 2. The fraction of sp³-hybridized carbons (Fsp3) is 0.400. The van der Waals surface area contributed by atoms with E-state index in [1.807, 2.05) is 42.8 Å². The van der Waals surface area contributed by atoms with Gasteiger partial charge in [0.1, 0.15) is 0 Å². The molecular weight excluding hydrogens is 270 g/mol. The summed E-state index contributed by atoms with van der Waals surface area (Å²) in [6.07, 6.45) is 0.896. The highest BCUT2D eigenvalue weighted by Crippen LogP contribution is 2.18. The molecule has 2 rings (SSSR count). The molecular formula is C15H21N3OS. The fourth-order valence-corrected chi connectivity index (χ4v) is 3.28. The van der Waals surface area contributed by atoms with E-state index in [1.54, 1.807) is 0 Å². The molecule has 4 nitrogen and oxygen atoms in total. The summed E-state index contributed by atoms with van der Waals surface area (Å²) in [6.45, 7) is 6.85. The molecule has 0 amide bonds. The van der Waals surface area contributed by atoms with Crippen molar-refractivity contribution >= 4 is 16.5 Å². The van der Waals surface area contributed by atoms with Crippen LogP contribution in [0.25, 0.3) is 0 Å². The predicted octanol–water partition coefficient (Wildman–Crippen LogP) is 2.66. The minimum absolute atomic E-state index is 0.490. The molecule has 1 unspecified atom stereocenters. The molecule has 108 valence electrons. The zero-order valence-electron chi connectivity index (χ0n) is 12.2. The molecule has 2 N–H and O–H groups in total. The quantitative estimate of drug-likeness (QED) is 0.862. The second-order valence-corrected chi connectivity index (χ2v) is 6.26. The predicted molar refractivity (Wildman–Crippen MR) is 83.0 cm³/mol. The lowest BCUT2D eigenvalue weighted by Crippen LogP contribution is -2.06. The van der Waals surface area contributed by atoms with Gasteiger partial charge in [-0.15, -0.1) is 0 Å². The van der Waals surface area contributed by atoms with Crippen molar-refractivity contribution in [3.8, 4) is 0 Å². The highest BCUT2D eigenvalue weighted by Gasteiger charge is 2.11. The van der Waals surface area contributed by atoms with Gasteiger partial charge in [-0.1, -0.05) is 6.92 Å². The van der Waals surface area contributed by atoms with E-state index in [0.717, 1.165) is 40.5 Å². The van der Waals surface area contributed by atoms with Crippen LogP contribution >= 0.6 is 0 Å². The Kier molecular flexibility index (Phi) is 4.60. The molecule has 20 heavy (non-hydrogen) atoms. The molecule has 0 radical (unpaired) electrons. The van der Waals surface area contributed by atoms with Crippen LogP contribution in [0.5, 0.6) is 0 Å². The maximum Gasteiger partial charge on any atom is 0.0702 e. The van der Waals surface area contributed by atoms with Crippen LogP contribution in [0.15, 0.2) is 29.2 Å². The standard InChI is InChI=1S/C15H21N3OS/c1-4-12-9-13(18(5-2)17-12)10-20(19)14-6-7-15(16)11(3)8-14/h6-9H,4-5,10,16H2,1-3H3. The summed E-state index contributed by atoms with van der Waals surface area (Å²) in [5.41, 5.74) is 9.57. The molecule has 0 fully saturated rings. The van der Waals surface area contributed by atoms with Crippen molar-refractivity contribution in [2.24, 2.45) is 0 Å². The molecule has 0 aliphatic heterocycles. The number of rotatable bonds is 5. The minimum atomic E-state index is -1.07. The van der Waals surface area contributed by atoms with Gasteiger partial charge in [-0.25, -0.2) is 0 Å². The number of nitrogens with zero attached hydrogens (tertiary/aromatic N) is 2. The van der Waals surface area contributed by atoms with Crippen molar-refractivity contribution < 1.29 is 4.21 Å². The number of hydrogen-bond acceptors (Lipinski definition) is 3. The lowest BCUT2D eigenvalue weighted by atomic mass is 10.2. The van der Waals surface area contributed by atoms with Gasteiger partial charge in [-0.2, -0.15) is 5.10 Å². The number of anilines is 1. The summed E-state index contributed by atoms with van der Waals surface area (Å²) in [7, 11) is -1.07. The maximum absolute atomic E-state index is 12.5. The van der Waals surface area contributed by atoms with Gasteiger partial charge in [0, 0.05) is 17.1 Å². The van der Waals surface area contributed by atoms with Crippen molar-refractivity contribution in [1.82, 2.24) is 9.78 Å². The summed E-state index contributed by atoms with van der Waals surface area (Å²) in [4.78, 5) is 0.818. The van der Waals surface area contributed by atoms with Gasteiger partial charge in [-0.3, -0.25) is 8.89 Å². The van der Waals surface area contributed by atoms with Gasteiger partial charge in [0.25, 0.3) is 0 Å². The van der Waals surface area contributed by atoms with Gasteiger partial charge in [0.15, 0.2) is 0 Å². The zero-order chi connectivity index (χ0) is 14.7.